The Morgan fingerprint density at radius 2 is 1.87 bits per heavy atom. The third-order valence-electron chi connectivity index (χ3n) is 6.92. The van der Waals surface area contributed by atoms with E-state index in [0.29, 0.717) is 41.1 Å². The monoisotopic (exact) mass is 428 g/mol. The van der Waals surface area contributed by atoms with Gasteiger partial charge in [-0.1, -0.05) is 6.42 Å². The normalized spacial score (nSPS) is 21.5. The summed E-state index contributed by atoms with van der Waals surface area (Å²) in [6, 6.07) is 4.01. The Morgan fingerprint density at radius 1 is 1.13 bits per heavy atom. The van der Waals surface area contributed by atoms with Crippen molar-refractivity contribution in [2.24, 2.45) is 5.92 Å². The number of methoxy groups -OCH3 is 2. The molecule has 2 saturated heterocycles. The number of hydrogen-bond acceptors (Lipinski definition) is 6. The summed E-state index contributed by atoms with van der Waals surface area (Å²) >= 11 is 0. The molecule has 2 aliphatic rings. The Labute approximate surface area is 182 Å². The number of piperidine rings is 2. The number of benzene rings is 1. The molecular weight excluding hydrogens is 396 g/mol. The maximum Gasteiger partial charge on any atom is 0.340 e. The van der Waals surface area contributed by atoms with Crippen molar-refractivity contribution in [3.05, 3.63) is 33.7 Å². The maximum absolute atomic E-state index is 12.7. The van der Waals surface area contributed by atoms with E-state index >= 15 is 0 Å². The lowest BCUT2D eigenvalue weighted by molar-refractivity contribution is -0.120. The fraction of sp³-hybridized carbons (Fsp3) is 0.583. The molecule has 7 nitrogen and oxygen atoms in total. The van der Waals surface area contributed by atoms with Crippen LogP contribution in [0.15, 0.2) is 21.3 Å². The van der Waals surface area contributed by atoms with Crippen molar-refractivity contribution in [2.75, 3.05) is 33.9 Å². The van der Waals surface area contributed by atoms with Crippen LogP contribution in [0.1, 0.15) is 43.2 Å². The summed E-state index contributed by atoms with van der Waals surface area (Å²) in [5, 5.41) is 3.83. The Bertz CT molecular complexity index is 1010. The summed E-state index contributed by atoms with van der Waals surface area (Å²) in [4.78, 5) is 27.9. The molecule has 0 spiro atoms. The number of carbonyl (C=O) groups is 1. The third kappa shape index (κ3) is 4.42. The fourth-order valence-electron chi connectivity index (χ4n) is 5.20. The predicted molar refractivity (Wildman–Crippen MR) is 119 cm³/mol. The van der Waals surface area contributed by atoms with Crippen molar-refractivity contribution in [2.45, 2.75) is 51.5 Å². The maximum atomic E-state index is 12.7. The molecule has 2 aromatic rings. The van der Waals surface area contributed by atoms with E-state index in [4.69, 9.17) is 13.9 Å². The molecule has 2 fully saturated rings. The first-order valence-corrected chi connectivity index (χ1v) is 11.2. The number of nitrogens with one attached hydrogen (secondary N) is 1. The first kappa shape index (κ1) is 21.7. The van der Waals surface area contributed by atoms with Gasteiger partial charge in [0.2, 0.25) is 5.91 Å². The highest BCUT2D eigenvalue weighted by molar-refractivity contribution is 5.86. The van der Waals surface area contributed by atoms with Crippen LogP contribution in [0.2, 0.25) is 0 Å². The molecule has 1 amide bonds. The second-order valence-corrected chi connectivity index (χ2v) is 8.68. The summed E-state index contributed by atoms with van der Waals surface area (Å²) in [6.45, 7) is 4.87. The lowest BCUT2D eigenvalue weighted by atomic mass is 9.83. The van der Waals surface area contributed by atoms with Gasteiger partial charge in [0.1, 0.15) is 5.58 Å². The van der Waals surface area contributed by atoms with Crippen LogP contribution in [0.3, 0.4) is 0 Å². The van der Waals surface area contributed by atoms with E-state index in [1.54, 1.807) is 19.2 Å². The number of fused-ring (bicyclic) bond motifs is 2. The van der Waals surface area contributed by atoms with Crippen molar-refractivity contribution in [1.82, 2.24) is 10.2 Å². The van der Waals surface area contributed by atoms with E-state index in [1.165, 1.54) is 45.9 Å². The number of aryl methyl sites for hydroxylation is 1. The van der Waals surface area contributed by atoms with Gasteiger partial charge in [-0.05, 0) is 63.2 Å². The average Bonchev–Trinajstić information content (AvgIpc) is 2.79. The molecule has 1 N–H and O–H groups in total. The summed E-state index contributed by atoms with van der Waals surface area (Å²) in [6.07, 6.45) is 6.13. The van der Waals surface area contributed by atoms with Crippen molar-refractivity contribution >= 4 is 16.9 Å². The predicted octanol–water partition coefficient (Wildman–Crippen LogP) is 3.04. The molecule has 31 heavy (non-hydrogen) atoms. The van der Waals surface area contributed by atoms with Gasteiger partial charge in [-0.25, -0.2) is 4.79 Å². The molecule has 3 heterocycles. The van der Waals surface area contributed by atoms with E-state index in [2.05, 4.69) is 10.2 Å². The zero-order valence-corrected chi connectivity index (χ0v) is 18.7. The van der Waals surface area contributed by atoms with Gasteiger partial charge < -0.3 is 24.1 Å². The highest BCUT2D eigenvalue weighted by atomic mass is 16.5. The van der Waals surface area contributed by atoms with Gasteiger partial charge >= 0.3 is 5.63 Å². The smallest absolute Gasteiger partial charge is 0.340 e. The largest absolute Gasteiger partial charge is 0.493 e. The topological polar surface area (TPSA) is 81.0 Å². The molecule has 1 aromatic carbocycles. The van der Waals surface area contributed by atoms with Crippen LogP contribution in [0.25, 0.3) is 11.0 Å². The van der Waals surface area contributed by atoms with Gasteiger partial charge in [0.05, 0.1) is 26.2 Å². The van der Waals surface area contributed by atoms with Gasteiger partial charge in [0.25, 0.3) is 0 Å². The minimum atomic E-state index is -0.483. The van der Waals surface area contributed by atoms with Crippen molar-refractivity contribution in [3.8, 4) is 11.5 Å². The average molecular weight is 429 g/mol. The molecule has 7 heteroatoms. The van der Waals surface area contributed by atoms with E-state index in [1.807, 2.05) is 6.92 Å². The summed E-state index contributed by atoms with van der Waals surface area (Å²) in [5.41, 5.74) is 1.06. The van der Waals surface area contributed by atoms with Crippen LogP contribution in [0.4, 0.5) is 0 Å². The molecule has 2 aliphatic heterocycles. The Balaban J connectivity index is 1.48. The molecule has 1 aromatic heterocycles. The van der Waals surface area contributed by atoms with E-state index in [-0.39, 0.29) is 12.3 Å². The lowest BCUT2D eigenvalue weighted by Crippen LogP contribution is -2.51. The quantitative estimate of drug-likeness (QED) is 0.713. The standard InChI is InChI=1S/C24H32N2O5/c1-15-17-11-21(29-2)22(30-3)13-20(17)31-24(28)18(15)12-23(27)25-14-16-7-6-10-26-9-5-4-8-19(16)26/h11,13,16,19H,4-10,12,14H2,1-3H3,(H,25,27)/t16-,19+/m0/s1. The summed E-state index contributed by atoms with van der Waals surface area (Å²) < 4.78 is 16.2. The van der Waals surface area contributed by atoms with Crippen molar-refractivity contribution in [3.63, 3.8) is 0 Å². The first-order valence-electron chi connectivity index (χ1n) is 11.2. The number of rotatable bonds is 6. The molecule has 0 aliphatic carbocycles. The second kappa shape index (κ2) is 9.30. The molecule has 0 unspecified atom stereocenters. The summed E-state index contributed by atoms with van der Waals surface area (Å²) in [5.74, 6) is 1.40. The van der Waals surface area contributed by atoms with E-state index in [0.717, 1.165) is 17.4 Å². The number of amides is 1. The Morgan fingerprint density at radius 3 is 2.65 bits per heavy atom. The first-order chi connectivity index (χ1) is 15.0. The van der Waals surface area contributed by atoms with Gasteiger partial charge in [-0.15, -0.1) is 0 Å². The summed E-state index contributed by atoms with van der Waals surface area (Å²) in [7, 11) is 3.09. The van der Waals surface area contributed by atoms with Crippen LogP contribution in [0, 0.1) is 12.8 Å². The van der Waals surface area contributed by atoms with Gasteiger partial charge in [-0.2, -0.15) is 0 Å². The van der Waals surface area contributed by atoms with Gasteiger partial charge in [0, 0.05) is 24.0 Å². The van der Waals surface area contributed by atoms with E-state index < -0.39 is 5.63 Å². The van der Waals surface area contributed by atoms with Crippen LogP contribution in [-0.2, 0) is 11.2 Å². The SMILES string of the molecule is COc1cc2oc(=O)c(CC(=O)NC[C@@H]3CCCN4CCCC[C@H]34)c(C)c2cc1OC. The van der Waals surface area contributed by atoms with Crippen molar-refractivity contribution < 1.29 is 18.7 Å². The zero-order chi connectivity index (χ0) is 22.0. The molecular formula is C24H32N2O5. The molecule has 168 valence electrons. The van der Waals surface area contributed by atoms with E-state index in [9.17, 15) is 9.59 Å². The number of hydrogen-bond donors (Lipinski definition) is 1. The molecule has 0 radical (unpaired) electrons. The van der Waals surface area contributed by atoms with Gasteiger partial charge in [0.15, 0.2) is 11.5 Å². The number of carbonyl (C=O) groups excluding carboxylic acids is 1. The molecule has 4 rings (SSSR count). The minimum Gasteiger partial charge on any atom is -0.493 e. The van der Waals surface area contributed by atoms with Crippen molar-refractivity contribution in [1.29, 1.82) is 0 Å². The highest BCUT2D eigenvalue weighted by Gasteiger charge is 2.33. The third-order valence-corrected chi connectivity index (χ3v) is 6.92. The minimum absolute atomic E-state index is 0.0134. The second-order valence-electron chi connectivity index (χ2n) is 8.68. The molecule has 0 bridgehead atoms. The molecule has 0 saturated carbocycles. The highest BCUT2D eigenvalue weighted by Crippen LogP contribution is 2.34. The Kier molecular flexibility index (Phi) is 6.51. The molecule has 2 atom stereocenters. The van der Waals surface area contributed by atoms with Crippen LogP contribution in [0.5, 0.6) is 11.5 Å². The van der Waals surface area contributed by atoms with Gasteiger partial charge in [-0.3, -0.25) is 4.79 Å². The zero-order valence-electron chi connectivity index (χ0n) is 18.7. The van der Waals surface area contributed by atoms with Crippen LogP contribution >= 0.6 is 0 Å². The number of ether oxygens (including phenoxy) is 2. The fourth-order valence-corrected chi connectivity index (χ4v) is 5.20. The van der Waals surface area contributed by atoms with Crippen LogP contribution < -0.4 is 20.4 Å². The number of nitrogens with zero attached hydrogens (tertiary/aromatic N) is 1. The van der Waals surface area contributed by atoms with Crippen LogP contribution in [-0.4, -0.2) is 50.7 Å². The lowest BCUT2D eigenvalue weighted by Gasteiger charge is -2.44. The Hall–Kier alpha value is -2.54.